The Hall–Kier alpha value is -1.29. The minimum absolute atomic E-state index is 0.552. The highest BCUT2D eigenvalue weighted by Crippen LogP contribution is 2.31. The van der Waals surface area contributed by atoms with E-state index in [9.17, 15) is 0 Å². The van der Waals surface area contributed by atoms with Crippen LogP contribution in [0.5, 0.6) is 0 Å². The van der Waals surface area contributed by atoms with E-state index in [1.54, 1.807) is 0 Å². The summed E-state index contributed by atoms with van der Waals surface area (Å²) in [5.74, 6) is 0. The monoisotopic (exact) mass is 273 g/mol. The molecule has 0 spiro atoms. The fourth-order valence-electron chi connectivity index (χ4n) is 2.87. The van der Waals surface area contributed by atoms with Gasteiger partial charge < -0.3 is 5.32 Å². The highest BCUT2D eigenvalue weighted by molar-refractivity contribution is 7.99. The number of benzene rings is 1. The zero-order valence-corrected chi connectivity index (χ0v) is 12.0. The first-order valence-electron chi connectivity index (χ1n) is 6.88. The molecule has 1 aliphatic rings. The van der Waals surface area contributed by atoms with E-state index >= 15 is 0 Å². The average molecular weight is 273 g/mol. The fraction of sp³-hybridized carbons (Fsp3) is 0.467. The molecule has 0 bridgehead atoms. The number of thioether (sulfide) groups is 1. The summed E-state index contributed by atoms with van der Waals surface area (Å²) in [5, 5.41) is 13.9. The third-order valence-corrected chi connectivity index (χ3v) is 5.06. The molecule has 100 valence electrons. The van der Waals surface area contributed by atoms with Crippen molar-refractivity contribution < 1.29 is 0 Å². The minimum Gasteiger partial charge on any atom is -0.379 e. The second-order valence-corrected chi connectivity index (χ2v) is 6.16. The van der Waals surface area contributed by atoms with Gasteiger partial charge in [0, 0.05) is 16.7 Å². The smallest absolute Gasteiger partial charge is 0.0950 e. The van der Waals surface area contributed by atoms with Crippen molar-refractivity contribution in [1.29, 1.82) is 0 Å². The highest BCUT2D eigenvalue weighted by Gasteiger charge is 2.24. The Balaban J connectivity index is 1.88. The van der Waals surface area contributed by atoms with Crippen LogP contribution in [0.25, 0.3) is 10.9 Å². The van der Waals surface area contributed by atoms with Gasteiger partial charge in [-0.3, -0.25) is 0 Å². The minimum atomic E-state index is 0.552. The molecule has 0 aliphatic heterocycles. The van der Waals surface area contributed by atoms with Crippen LogP contribution in [-0.2, 0) is 0 Å². The molecule has 1 aromatic carbocycles. The number of fused-ring (bicyclic) bond motifs is 1. The van der Waals surface area contributed by atoms with Crippen LogP contribution in [0.3, 0.4) is 0 Å². The van der Waals surface area contributed by atoms with Crippen LogP contribution in [0.4, 0.5) is 5.69 Å². The molecule has 2 unspecified atom stereocenters. The van der Waals surface area contributed by atoms with Crippen molar-refractivity contribution in [2.45, 2.75) is 37.0 Å². The Labute approximate surface area is 118 Å². The quantitative estimate of drug-likeness (QED) is 0.925. The molecule has 2 aromatic rings. The summed E-state index contributed by atoms with van der Waals surface area (Å²) in [5.41, 5.74) is 2.08. The Morgan fingerprint density at radius 3 is 2.95 bits per heavy atom. The number of anilines is 1. The number of nitrogens with zero attached hydrogens (tertiary/aromatic N) is 2. The molecular formula is C15H19N3S. The maximum absolute atomic E-state index is 4.18. The molecular weight excluding hydrogens is 254 g/mol. The van der Waals surface area contributed by atoms with Gasteiger partial charge >= 0.3 is 0 Å². The van der Waals surface area contributed by atoms with E-state index in [0.29, 0.717) is 11.3 Å². The lowest BCUT2D eigenvalue weighted by atomic mass is 9.94. The molecule has 1 aliphatic carbocycles. The standard InChI is InChI=1S/C15H19N3S/c1-19-15-9-5-4-8-13(15)17-14-10-16-18-12-7-3-2-6-11(12)14/h2-3,6-7,10,13,15H,4-5,8-9H2,1H3,(H,17,18). The van der Waals surface area contributed by atoms with Crippen molar-refractivity contribution in [3.63, 3.8) is 0 Å². The Kier molecular flexibility index (Phi) is 3.87. The Morgan fingerprint density at radius 2 is 2.05 bits per heavy atom. The van der Waals surface area contributed by atoms with Gasteiger partial charge in [0.1, 0.15) is 0 Å². The molecule has 1 aromatic heterocycles. The van der Waals surface area contributed by atoms with Crippen LogP contribution >= 0.6 is 11.8 Å². The number of nitrogens with one attached hydrogen (secondary N) is 1. The molecule has 0 amide bonds. The number of hydrogen-bond acceptors (Lipinski definition) is 4. The van der Waals surface area contributed by atoms with E-state index in [1.165, 1.54) is 31.1 Å². The predicted octanol–water partition coefficient (Wildman–Crippen LogP) is 3.72. The van der Waals surface area contributed by atoms with Crippen LogP contribution in [0, 0.1) is 0 Å². The maximum Gasteiger partial charge on any atom is 0.0950 e. The van der Waals surface area contributed by atoms with Crippen LogP contribution in [-0.4, -0.2) is 27.7 Å². The van der Waals surface area contributed by atoms with Gasteiger partial charge in [0.25, 0.3) is 0 Å². The first-order valence-corrected chi connectivity index (χ1v) is 8.17. The normalized spacial score (nSPS) is 23.4. The summed E-state index contributed by atoms with van der Waals surface area (Å²) in [6, 6.07) is 8.74. The second-order valence-electron chi connectivity index (χ2n) is 5.08. The number of hydrogen-bond donors (Lipinski definition) is 1. The predicted molar refractivity (Wildman–Crippen MR) is 82.7 cm³/mol. The zero-order chi connectivity index (χ0) is 13.1. The maximum atomic E-state index is 4.18. The molecule has 1 heterocycles. The van der Waals surface area contributed by atoms with Crippen LogP contribution in [0.15, 0.2) is 30.5 Å². The second kappa shape index (κ2) is 5.78. The zero-order valence-electron chi connectivity index (χ0n) is 11.2. The SMILES string of the molecule is CSC1CCCCC1Nc1cnnc2ccccc12. The van der Waals surface area contributed by atoms with Gasteiger partial charge in [-0.05, 0) is 25.2 Å². The largest absolute Gasteiger partial charge is 0.379 e. The van der Waals surface area contributed by atoms with E-state index in [0.717, 1.165) is 11.2 Å². The molecule has 0 saturated heterocycles. The van der Waals surface area contributed by atoms with Gasteiger partial charge in [-0.25, -0.2) is 0 Å². The molecule has 3 nitrogen and oxygen atoms in total. The summed E-state index contributed by atoms with van der Waals surface area (Å²) in [7, 11) is 0. The van der Waals surface area contributed by atoms with Gasteiger partial charge in [-0.1, -0.05) is 31.0 Å². The van der Waals surface area contributed by atoms with Crippen LogP contribution in [0.2, 0.25) is 0 Å². The van der Waals surface area contributed by atoms with Crippen molar-refractivity contribution in [1.82, 2.24) is 10.2 Å². The van der Waals surface area contributed by atoms with Crippen LogP contribution in [0.1, 0.15) is 25.7 Å². The van der Waals surface area contributed by atoms with Gasteiger partial charge in [0.2, 0.25) is 0 Å². The van der Waals surface area contributed by atoms with Gasteiger partial charge in [-0.15, -0.1) is 0 Å². The Morgan fingerprint density at radius 1 is 1.21 bits per heavy atom. The fourth-order valence-corrected chi connectivity index (χ4v) is 3.80. The van der Waals surface area contributed by atoms with Crippen LogP contribution < -0.4 is 5.32 Å². The molecule has 0 radical (unpaired) electrons. The summed E-state index contributed by atoms with van der Waals surface area (Å²) < 4.78 is 0. The van der Waals surface area contributed by atoms with Crippen molar-refractivity contribution in [3.05, 3.63) is 30.5 Å². The molecule has 19 heavy (non-hydrogen) atoms. The molecule has 1 N–H and O–H groups in total. The topological polar surface area (TPSA) is 37.8 Å². The lowest BCUT2D eigenvalue weighted by Crippen LogP contribution is -2.34. The third-order valence-electron chi connectivity index (χ3n) is 3.89. The van der Waals surface area contributed by atoms with E-state index < -0.39 is 0 Å². The molecule has 1 fully saturated rings. The molecule has 4 heteroatoms. The molecule has 1 saturated carbocycles. The number of rotatable bonds is 3. The van der Waals surface area contributed by atoms with E-state index in [4.69, 9.17) is 0 Å². The number of aromatic nitrogens is 2. The lowest BCUT2D eigenvalue weighted by Gasteiger charge is -2.31. The van der Waals surface area contributed by atoms with Gasteiger partial charge in [0.05, 0.1) is 17.4 Å². The first-order chi connectivity index (χ1) is 9.38. The Bertz CT molecular complexity index is 553. The van der Waals surface area contributed by atoms with Gasteiger partial charge in [-0.2, -0.15) is 22.0 Å². The van der Waals surface area contributed by atoms with Crippen molar-refractivity contribution in [2.75, 3.05) is 11.6 Å². The summed E-state index contributed by atoms with van der Waals surface area (Å²) in [4.78, 5) is 0. The van der Waals surface area contributed by atoms with E-state index in [2.05, 4.69) is 33.9 Å². The van der Waals surface area contributed by atoms with E-state index in [-0.39, 0.29) is 0 Å². The average Bonchev–Trinajstić information content (AvgIpc) is 2.48. The molecule has 3 rings (SSSR count). The van der Waals surface area contributed by atoms with E-state index in [1.807, 2.05) is 30.1 Å². The third kappa shape index (κ3) is 2.68. The summed E-state index contributed by atoms with van der Waals surface area (Å²) in [6.45, 7) is 0. The van der Waals surface area contributed by atoms with Crippen molar-refractivity contribution >= 4 is 28.4 Å². The first kappa shape index (κ1) is 12.7. The summed E-state index contributed by atoms with van der Waals surface area (Å²) in [6.07, 6.45) is 9.32. The summed E-state index contributed by atoms with van der Waals surface area (Å²) >= 11 is 1.98. The van der Waals surface area contributed by atoms with Crippen molar-refractivity contribution in [3.8, 4) is 0 Å². The van der Waals surface area contributed by atoms with Crippen molar-refractivity contribution in [2.24, 2.45) is 0 Å². The highest BCUT2D eigenvalue weighted by atomic mass is 32.2. The van der Waals surface area contributed by atoms with Gasteiger partial charge in [0.15, 0.2) is 0 Å². The molecule has 2 atom stereocenters. The lowest BCUT2D eigenvalue weighted by molar-refractivity contribution is 0.475.